The third-order valence-electron chi connectivity index (χ3n) is 2.43. The van der Waals surface area contributed by atoms with Gasteiger partial charge in [0, 0.05) is 12.6 Å². The highest BCUT2D eigenvalue weighted by atomic mass is 32.2. The van der Waals surface area contributed by atoms with Crippen molar-refractivity contribution in [2.24, 2.45) is 0 Å². The Morgan fingerprint density at radius 2 is 2.00 bits per heavy atom. The average Bonchev–Trinajstić information content (AvgIpc) is 2.30. The van der Waals surface area contributed by atoms with Crippen LogP contribution in [0, 0.1) is 0 Å². The maximum atomic E-state index is 11.9. The normalized spacial score (nSPS) is 12.3. The zero-order valence-electron chi connectivity index (χ0n) is 11.0. The molecular formula is C11H22N2O4S. The second-order valence-corrected chi connectivity index (χ2v) is 5.12. The van der Waals surface area contributed by atoms with Gasteiger partial charge in [0.2, 0.25) is 0 Å². The Labute approximate surface area is 112 Å². The van der Waals surface area contributed by atoms with Crippen LogP contribution < -0.4 is 5.32 Å². The van der Waals surface area contributed by atoms with E-state index in [1.807, 2.05) is 20.1 Å². The molecule has 7 heteroatoms. The smallest absolute Gasteiger partial charge is 0.326 e. The molecule has 0 aliphatic carbocycles. The minimum Gasteiger partial charge on any atom is -0.480 e. The van der Waals surface area contributed by atoms with Crippen molar-refractivity contribution in [2.75, 3.05) is 25.2 Å². The third-order valence-corrected chi connectivity index (χ3v) is 3.08. The predicted octanol–water partition coefficient (Wildman–Crippen LogP) is 0.605. The van der Waals surface area contributed by atoms with Crippen LogP contribution in [0.25, 0.3) is 0 Å². The first-order valence-electron chi connectivity index (χ1n) is 5.83. The van der Waals surface area contributed by atoms with Crippen LogP contribution in [0.4, 0.5) is 4.79 Å². The molecule has 18 heavy (non-hydrogen) atoms. The highest BCUT2D eigenvalue weighted by molar-refractivity contribution is 7.98. The summed E-state index contributed by atoms with van der Waals surface area (Å²) in [5.41, 5.74) is 0. The number of carbonyl (C=O) groups excluding carboxylic acids is 1. The van der Waals surface area contributed by atoms with Crippen LogP contribution in [-0.4, -0.2) is 64.4 Å². The molecule has 2 amide bonds. The molecule has 1 atom stereocenters. The molecule has 3 N–H and O–H groups in total. The average molecular weight is 278 g/mol. The summed E-state index contributed by atoms with van der Waals surface area (Å²) in [5, 5.41) is 20.4. The Hall–Kier alpha value is -0.950. The van der Waals surface area contributed by atoms with Crippen molar-refractivity contribution >= 4 is 23.8 Å². The number of nitrogens with zero attached hydrogens (tertiary/aromatic N) is 1. The number of hydrogen-bond acceptors (Lipinski definition) is 4. The van der Waals surface area contributed by atoms with Crippen LogP contribution >= 0.6 is 11.8 Å². The lowest BCUT2D eigenvalue weighted by Gasteiger charge is -2.27. The molecule has 0 fully saturated rings. The van der Waals surface area contributed by atoms with E-state index in [9.17, 15) is 9.59 Å². The van der Waals surface area contributed by atoms with Gasteiger partial charge in [-0.25, -0.2) is 9.59 Å². The summed E-state index contributed by atoms with van der Waals surface area (Å²) < 4.78 is 0. The fraction of sp³-hybridized carbons (Fsp3) is 0.818. The summed E-state index contributed by atoms with van der Waals surface area (Å²) in [5.74, 6) is -0.371. The fourth-order valence-electron chi connectivity index (χ4n) is 1.43. The minimum absolute atomic E-state index is 0.0906. The Morgan fingerprint density at radius 1 is 1.39 bits per heavy atom. The summed E-state index contributed by atoms with van der Waals surface area (Å²) in [6, 6.07) is -1.43. The first-order valence-corrected chi connectivity index (χ1v) is 7.23. The highest BCUT2D eigenvalue weighted by Crippen LogP contribution is 2.04. The van der Waals surface area contributed by atoms with Gasteiger partial charge in [-0.05, 0) is 32.3 Å². The van der Waals surface area contributed by atoms with Gasteiger partial charge in [-0.1, -0.05) is 0 Å². The number of aliphatic hydroxyl groups excluding tert-OH is 1. The summed E-state index contributed by atoms with van der Waals surface area (Å²) in [6.45, 7) is 3.67. The van der Waals surface area contributed by atoms with Crippen LogP contribution in [0.2, 0.25) is 0 Å². The van der Waals surface area contributed by atoms with Crippen LogP contribution in [0.3, 0.4) is 0 Å². The van der Waals surface area contributed by atoms with Crippen molar-refractivity contribution in [1.29, 1.82) is 0 Å². The van der Waals surface area contributed by atoms with Gasteiger partial charge >= 0.3 is 12.0 Å². The Morgan fingerprint density at radius 3 is 2.39 bits per heavy atom. The van der Waals surface area contributed by atoms with Crippen molar-refractivity contribution in [2.45, 2.75) is 32.4 Å². The molecule has 0 radical (unpaired) electrons. The molecule has 106 valence electrons. The highest BCUT2D eigenvalue weighted by Gasteiger charge is 2.23. The summed E-state index contributed by atoms with van der Waals surface area (Å²) in [6.07, 6.45) is 2.26. The number of nitrogens with one attached hydrogen (secondary N) is 1. The number of aliphatic hydroxyl groups is 1. The summed E-state index contributed by atoms with van der Waals surface area (Å²) in [4.78, 5) is 24.3. The van der Waals surface area contributed by atoms with Crippen LogP contribution in [-0.2, 0) is 4.79 Å². The quantitative estimate of drug-likeness (QED) is 0.605. The number of aliphatic carboxylic acids is 1. The minimum atomic E-state index is -1.04. The Balaban J connectivity index is 4.50. The van der Waals surface area contributed by atoms with Gasteiger partial charge in [-0.2, -0.15) is 11.8 Å². The van der Waals surface area contributed by atoms with E-state index in [1.165, 1.54) is 16.7 Å². The molecule has 0 aromatic carbocycles. The van der Waals surface area contributed by atoms with Gasteiger partial charge in [-0.3, -0.25) is 0 Å². The molecule has 6 nitrogen and oxygen atoms in total. The van der Waals surface area contributed by atoms with Gasteiger partial charge in [0.05, 0.1) is 6.61 Å². The molecule has 0 aliphatic heterocycles. The molecule has 0 saturated carbocycles. The van der Waals surface area contributed by atoms with Crippen molar-refractivity contribution in [3.05, 3.63) is 0 Å². The molecule has 1 unspecified atom stereocenters. The number of thioether (sulfide) groups is 1. The van der Waals surface area contributed by atoms with Crippen LogP contribution in [0.5, 0.6) is 0 Å². The fourth-order valence-corrected chi connectivity index (χ4v) is 1.90. The van der Waals surface area contributed by atoms with Crippen LogP contribution in [0.1, 0.15) is 20.3 Å². The lowest BCUT2D eigenvalue weighted by atomic mass is 10.2. The number of amides is 2. The zero-order chi connectivity index (χ0) is 14.1. The molecule has 0 aromatic rings. The number of urea groups is 1. The van der Waals surface area contributed by atoms with Crippen molar-refractivity contribution in [3.8, 4) is 0 Å². The molecular weight excluding hydrogens is 256 g/mol. The molecule has 0 spiro atoms. The van der Waals surface area contributed by atoms with Gasteiger partial charge < -0.3 is 20.4 Å². The van der Waals surface area contributed by atoms with Crippen molar-refractivity contribution < 1.29 is 19.8 Å². The second kappa shape index (κ2) is 9.04. The van der Waals surface area contributed by atoms with E-state index in [0.29, 0.717) is 12.2 Å². The Bertz CT molecular complexity index is 274. The molecule has 0 saturated heterocycles. The third kappa shape index (κ3) is 6.11. The van der Waals surface area contributed by atoms with E-state index in [4.69, 9.17) is 10.2 Å². The maximum Gasteiger partial charge on any atom is 0.326 e. The summed E-state index contributed by atoms with van der Waals surface area (Å²) in [7, 11) is 0. The van der Waals surface area contributed by atoms with Crippen LogP contribution in [0.15, 0.2) is 0 Å². The number of carbonyl (C=O) groups is 2. The zero-order valence-corrected chi connectivity index (χ0v) is 11.9. The molecule has 0 aromatic heterocycles. The number of carboxylic acid groups (broad SMARTS) is 1. The second-order valence-electron chi connectivity index (χ2n) is 4.13. The topological polar surface area (TPSA) is 89.9 Å². The van der Waals surface area contributed by atoms with E-state index in [2.05, 4.69) is 5.32 Å². The summed E-state index contributed by atoms with van der Waals surface area (Å²) >= 11 is 1.53. The van der Waals surface area contributed by atoms with E-state index in [-0.39, 0.29) is 19.2 Å². The van der Waals surface area contributed by atoms with Gasteiger partial charge in [0.25, 0.3) is 0 Å². The first kappa shape index (κ1) is 17.1. The van der Waals surface area contributed by atoms with Gasteiger partial charge in [-0.15, -0.1) is 0 Å². The molecule has 0 aliphatic rings. The number of hydrogen-bond donors (Lipinski definition) is 3. The lowest BCUT2D eigenvalue weighted by molar-refractivity contribution is -0.139. The largest absolute Gasteiger partial charge is 0.480 e. The number of rotatable bonds is 8. The van der Waals surface area contributed by atoms with E-state index in [1.54, 1.807) is 0 Å². The monoisotopic (exact) mass is 278 g/mol. The number of carboxylic acids is 1. The maximum absolute atomic E-state index is 11.9. The van der Waals surface area contributed by atoms with E-state index >= 15 is 0 Å². The van der Waals surface area contributed by atoms with Crippen molar-refractivity contribution in [3.63, 3.8) is 0 Å². The van der Waals surface area contributed by atoms with Gasteiger partial charge in [0.1, 0.15) is 6.04 Å². The standard InChI is InChI=1S/C11H22N2O4S/c1-8(2)13(5-6-14)11(17)12-9(10(15)16)4-7-18-3/h8-9,14H,4-7H2,1-3H3,(H,12,17)(H,15,16). The van der Waals surface area contributed by atoms with E-state index in [0.717, 1.165) is 0 Å². The van der Waals surface area contributed by atoms with E-state index < -0.39 is 18.0 Å². The predicted molar refractivity (Wildman–Crippen MR) is 71.9 cm³/mol. The molecule has 0 heterocycles. The lowest BCUT2D eigenvalue weighted by Crippen LogP contribution is -2.51. The molecule has 0 bridgehead atoms. The first-order chi connectivity index (χ1) is 8.43. The molecule has 0 rings (SSSR count). The Kier molecular flexibility index (Phi) is 8.57. The SMILES string of the molecule is CSCCC(NC(=O)N(CCO)C(C)C)C(=O)O. The van der Waals surface area contributed by atoms with Gasteiger partial charge in [0.15, 0.2) is 0 Å². The van der Waals surface area contributed by atoms with Crippen molar-refractivity contribution in [1.82, 2.24) is 10.2 Å².